The molecule has 2 aromatic rings. The molecule has 0 radical (unpaired) electrons. The van der Waals surface area contributed by atoms with Crippen molar-refractivity contribution < 1.29 is 29.3 Å². The lowest BCUT2D eigenvalue weighted by molar-refractivity contribution is -0.158. The molecule has 1 saturated heterocycles. The molecule has 0 aromatic carbocycles. The number of fused-ring (bicyclic) bond motifs is 1. The van der Waals surface area contributed by atoms with E-state index in [0.717, 1.165) is 0 Å². The average Bonchev–Trinajstić information content (AvgIpc) is 3.12. The van der Waals surface area contributed by atoms with Crippen molar-refractivity contribution in [1.82, 2.24) is 19.5 Å². The SMILES string of the molecule is CCC(=O)O[C@@H]1[C@H](O)[C@@H](CS)O[C@H]1n1c(CC(=O)O)nc2c(=O)[nH]c(N)nc21. The van der Waals surface area contributed by atoms with Crippen LogP contribution in [0.3, 0.4) is 0 Å². The Labute approximate surface area is 163 Å². The number of anilines is 1. The number of carboxylic acid groups (broad SMARTS) is 1. The van der Waals surface area contributed by atoms with Gasteiger partial charge in [-0.3, -0.25) is 23.9 Å². The number of aliphatic carboxylic acids is 1. The number of rotatable bonds is 6. The summed E-state index contributed by atoms with van der Waals surface area (Å²) in [7, 11) is 0. The molecule has 0 aliphatic carbocycles. The van der Waals surface area contributed by atoms with Crippen molar-refractivity contribution in [3.8, 4) is 0 Å². The number of hydrogen-bond acceptors (Lipinski definition) is 10. The first-order chi connectivity index (χ1) is 13.3. The molecule has 3 rings (SSSR count). The van der Waals surface area contributed by atoms with E-state index >= 15 is 0 Å². The summed E-state index contributed by atoms with van der Waals surface area (Å²) >= 11 is 4.12. The Hall–Kier alpha value is -2.64. The van der Waals surface area contributed by atoms with Gasteiger partial charge in [-0.15, -0.1) is 0 Å². The minimum Gasteiger partial charge on any atom is -0.481 e. The van der Waals surface area contributed by atoms with E-state index in [1.54, 1.807) is 6.92 Å². The summed E-state index contributed by atoms with van der Waals surface area (Å²) in [6.07, 6.45) is -4.90. The Morgan fingerprint density at radius 2 is 2.14 bits per heavy atom. The fraction of sp³-hybridized carbons (Fsp3) is 0.533. The quantitative estimate of drug-likeness (QED) is 0.286. The van der Waals surface area contributed by atoms with Gasteiger partial charge in [0.25, 0.3) is 5.56 Å². The number of thiol groups is 1. The van der Waals surface area contributed by atoms with Crippen molar-refractivity contribution in [2.75, 3.05) is 11.5 Å². The van der Waals surface area contributed by atoms with E-state index in [4.69, 9.17) is 15.2 Å². The van der Waals surface area contributed by atoms with Crippen LogP contribution in [0.15, 0.2) is 4.79 Å². The molecule has 0 spiro atoms. The van der Waals surface area contributed by atoms with E-state index in [1.165, 1.54) is 4.57 Å². The van der Waals surface area contributed by atoms with E-state index in [1.807, 2.05) is 0 Å². The maximum atomic E-state index is 12.2. The number of imidazole rings is 1. The number of esters is 1. The number of nitrogens with one attached hydrogen (secondary N) is 1. The second-order valence-electron chi connectivity index (χ2n) is 6.14. The Kier molecular flexibility index (Phi) is 5.58. The fourth-order valence-electron chi connectivity index (χ4n) is 3.01. The Balaban J connectivity index is 2.19. The van der Waals surface area contributed by atoms with Crippen molar-refractivity contribution in [2.24, 2.45) is 0 Å². The summed E-state index contributed by atoms with van der Waals surface area (Å²) in [6, 6.07) is 0. The van der Waals surface area contributed by atoms with E-state index in [9.17, 15) is 24.6 Å². The normalized spacial score (nSPS) is 24.5. The summed E-state index contributed by atoms with van der Waals surface area (Å²) in [5.74, 6) is -1.98. The first-order valence-electron chi connectivity index (χ1n) is 8.39. The number of nitrogen functional groups attached to an aromatic ring is 1. The van der Waals surface area contributed by atoms with Crippen LogP contribution >= 0.6 is 12.6 Å². The van der Waals surface area contributed by atoms with Crippen LogP contribution in [-0.2, 0) is 25.5 Å². The second kappa shape index (κ2) is 7.77. The minimum absolute atomic E-state index is 0.0490. The van der Waals surface area contributed by atoms with Crippen LogP contribution in [0, 0.1) is 0 Å². The molecule has 0 saturated carbocycles. The molecule has 1 fully saturated rings. The molecule has 3 heterocycles. The molecular formula is C15H19N5O7S. The van der Waals surface area contributed by atoms with Gasteiger partial charge in [-0.1, -0.05) is 6.92 Å². The predicted octanol–water partition coefficient (Wildman–Crippen LogP) is -1.16. The fourth-order valence-corrected chi connectivity index (χ4v) is 3.31. The summed E-state index contributed by atoms with van der Waals surface area (Å²) < 4.78 is 12.3. The molecule has 0 unspecified atom stereocenters. The number of carbonyl (C=O) groups is 2. The van der Waals surface area contributed by atoms with E-state index in [-0.39, 0.29) is 35.1 Å². The Bertz CT molecular complexity index is 974. The van der Waals surface area contributed by atoms with Crippen LogP contribution in [0.4, 0.5) is 5.95 Å². The lowest BCUT2D eigenvalue weighted by Crippen LogP contribution is -2.36. The lowest BCUT2D eigenvalue weighted by Gasteiger charge is -2.23. The molecule has 0 amide bonds. The number of nitrogens with two attached hydrogens (primary N) is 1. The molecule has 0 bridgehead atoms. The van der Waals surface area contributed by atoms with Gasteiger partial charge in [-0.25, -0.2) is 4.98 Å². The second-order valence-corrected chi connectivity index (χ2v) is 6.50. The molecule has 5 N–H and O–H groups in total. The van der Waals surface area contributed by atoms with Gasteiger partial charge >= 0.3 is 11.9 Å². The van der Waals surface area contributed by atoms with Crippen LogP contribution in [0.2, 0.25) is 0 Å². The summed E-state index contributed by atoms with van der Waals surface area (Å²) in [4.78, 5) is 45.6. The number of carboxylic acids is 1. The van der Waals surface area contributed by atoms with Crippen molar-refractivity contribution >= 4 is 41.7 Å². The van der Waals surface area contributed by atoms with Crippen molar-refractivity contribution in [3.05, 3.63) is 16.2 Å². The Morgan fingerprint density at radius 1 is 1.43 bits per heavy atom. The highest BCUT2D eigenvalue weighted by atomic mass is 32.1. The number of aromatic nitrogens is 4. The van der Waals surface area contributed by atoms with Crippen LogP contribution < -0.4 is 11.3 Å². The molecule has 1 aliphatic rings. The highest BCUT2D eigenvalue weighted by Gasteiger charge is 2.48. The number of aliphatic hydroxyl groups excluding tert-OH is 1. The van der Waals surface area contributed by atoms with Crippen molar-refractivity contribution in [3.63, 3.8) is 0 Å². The molecule has 2 aromatic heterocycles. The molecule has 1 aliphatic heterocycles. The molecular weight excluding hydrogens is 394 g/mol. The van der Waals surface area contributed by atoms with Crippen molar-refractivity contribution in [2.45, 2.75) is 44.3 Å². The highest BCUT2D eigenvalue weighted by Crippen LogP contribution is 2.35. The molecule has 4 atom stereocenters. The largest absolute Gasteiger partial charge is 0.481 e. The van der Waals surface area contributed by atoms with E-state index in [2.05, 4.69) is 27.6 Å². The molecule has 152 valence electrons. The molecule has 12 nitrogen and oxygen atoms in total. The number of ether oxygens (including phenoxy) is 2. The van der Waals surface area contributed by atoms with Gasteiger partial charge in [0.15, 0.2) is 23.5 Å². The maximum absolute atomic E-state index is 12.2. The number of aliphatic hydroxyl groups is 1. The third-order valence-corrected chi connectivity index (χ3v) is 4.61. The first-order valence-corrected chi connectivity index (χ1v) is 9.02. The summed E-state index contributed by atoms with van der Waals surface area (Å²) in [5, 5.41) is 19.7. The van der Waals surface area contributed by atoms with Gasteiger partial charge in [0.05, 0.1) is 6.10 Å². The Morgan fingerprint density at radius 3 is 2.75 bits per heavy atom. The summed E-state index contributed by atoms with van der Waals surface area (Å²) in [5.41, 5.74) is 4.74. The lowest BCUT2D eigenvalue weighted by atomic mass is 10.1. The number of carbonyl (C=O) groups excluding carboxylic acids is 1. The van der Waals surface area contributed by atoms with Crippen LogP contribution in [0.1, 0.15) is 25.4 Å². The highest BCUT2D eigenvalue weighted by molar-refractivity contribution is 7.80. The predicted molar refractivity (Wildman–Crippen MR) is 97.8 cm³/mol. The number of aromatic amines is 1. The number of nitrogens with zero attached hydrogens (tertiary/aromatic N) is 3. The average molecular weight is 413 g/mol. The van der Waals surface area contributed by atoms with Crippen LogP contribution in [0.5, 0.6) is 0 Å². The zero-order valence-corrected chi connectivity index (χ0v) is 15.6. The smallest absolute Gasteiger partial charge is 0.311 e. The van der Waals surface area contributed by atoms with Gasteiger partial charge in [0.1, 0.15) is 18.3 Å². The topological polar surface area (TPSA) is 183 Å². The summed E-state index contributed by atoms with van der Waals surface area (Å²) in [6.45, 7) is 1.58. The van der Waals surface area contributed by atoms with Gasteiger partial charge in [0, 0.05) is 12.2 Å². The third-order valence-electron chi connectivity index (χ3n) is 4.25. The van der Waals surface area contributed by atoms with E-state index in [0.29, 0.717) is 0 Å². The van der Waals surface area contributed by atoms with Crippen molar-refractivity contribution in [1.29, 1.82) is 0 Å². The molecule has 13 heteroatoms. The van der Waals surface area contributed by atoms with Gasteiger partial charge in [0.2, 0.25) is 5.95 Å². The van der Waals surface area contributed by atoms with Gasteiger partial charge < -0.3 is 25.4 Å². The van der Waals surface area contributed by atoms with Crippen LogP contribution in [0.25, 0.3) is 11.2 Å². The molecule has 28 heavy (non-hydrogen) atoms. The third kappa shape index (κ3) is 3.55. The van der Waals surface area contributed by atoms with Crippen LogP contribution in [-0.4, -0.2) is 65.7 Å². The minimum atomic E-state index is -1.23. The standard InChI is InChI=1S/C15H19N5O7S/c1-2-8(23)27-11-10(24)5(4-28)26-14(11)20-6(3-7(21)22)17-9-12(20)18-15(16)19-13(9)25/h5,10-11,14,24,28H,2-4H2,1H3,(H,21,22)(H3,16,18,19,25)/t5-,10-,11-,14-/m1/s1. The van der Waals surface area contributed by atoms with E-state index < -0.39 is 48.5 Å². The zero-order valence-electron chi connectivity index (χ0n) is 14.7. The monoisotopic (exact) mass is 413 g/mol. The van der Waals surface area contributed by atoms with Gasteiger partial charge in [-0.2, -0.15) is 17.6 Å². The van der Waals surface area contributed by atoms with Gasteiger partial charge in [-0.05, 0) is 0 Å². The maximum Gasteiger partial charge on any atom is 0.311 e. The first kappa shape index (κ1) is 20.1. The zero-order chi connectivity index (χ0) is 20.6. The number of H-pyrrole nitrogens is 1. The number of hydrogen-bond donors (Lipinski definition) is 5.